The van der Waals surface area contributed by atoms with Crippen LogP contribution in [0, 0.1) is 17.0 Å². The minimum Gasteiger partial charge on any atom is -0.497 e. The topological polar surface area (TPSA) is 99.0 Å². The number of methoxy groups -OCH3 is 1. The zero-order valence-corrected chi connectivity index (χ0v) is 15.5. The molecule has 0 unspecified atom stereocenters. The van der Waals surface area contributed by atoms with E-state index in [-0.39, 0.29) is 18.0 Å². The number of ether oxygens (including phenoxy) is 2. The number of hydrogen-bond acceptors (Lipinski definition) is 6. The quantitative estimate of drug-likeness (QED) is 0.516. The Morgan fingerprint density at radius 3 is 2.31 bits per heavy atom. The summed E-state index contributed by atoms with van der Waals surface area (Å²) in [6, 6.07) is 11.0. The summed E-state index contributed by atoms with van der Waals surface area (Å²) in [6.45, 7) is 1.67. The van der Waals surface area contributed by atoms with E-state index in [1.165, 1.54) is 32.2 Å². The molecule has 0 aliphatic heterocycles. The molecule has 0 heterocycles. The second kappa shape index (κ2) is 8.15. The SMILES string of the molecule is COc1ccc(OCCN(C)S(=O)(=O)c2c(C)cccc2[N+](=O)[O-])cc1. The summed E-state index contributed by atoms with van der Waals surface area (Å²) in [6.07, 6.45) is 0. The number of likely N-dealkylation sites (N-methyl/N-ethyl adjacent to an activating group) is 1. The van der Waals surface area contributed by atoms with Gasteiger partial charge in [-0.15, -0.1) is 0 Å². The van der Waals surface area contributed by atoms with E-state index >= 15 is 0 Å². The Hall–Kier alpha value is -2.65. The predicted octanol–water partition coefficient (Wildman–Crippen LogP) is 2.61. The lowest BCUT2D eigenvalue weighted by Crippen LogP contribution is -2.32. The van der Waals surface area contributed by atoms with Crippen molar-refractivity contribution in [1.29, 1.82) is 0 Å². The first-order valence-electron chi connectivity index (χ1n) is 7.74. The van der Waals surface area contributed by atoms with Crippen LogP contribution in [0.15, 0.2) is 47.4 Å². The molecule has 2 rings (SSSR count). The van der Waals surface area contributed by atoms with Gasteiger partial charge in [-0.25, -0.2) is 8.42 Å². The first kappa shape index (κ1) is 19.7. The van der Waals surface area contributed by atoms with E-state index in [4.69, 9.17) is 9.47 Å². The van der Waals surface area contributed by atoms with Gasteiger partial charge < -0.3 is 9.47 Å². The minimum atomic E-state index is -4.02. The smallest absolute Gasteiger partial charge is 0.289 e. The van der Waals surface area contributed by atoms with E-state index in [9.17, 15) is 18.5 Å². The van der Waals surface area contributed by atoms with Crippen molar-refractivity contribution in [3.63, 3.8) is 0 Å². The number of nitrogens with zero attached hydrogens (tertiary/aromatic N) is 2. The molecule has 0 bridgehead atoms. The zero-order valence-electron chi connectivity index (χ0n) is 14.7. The first-order chi connectivity index (χ1) is 12.3. The molecule has 0 spiro atoms. The van der Waals surface area contributed by atoms with Gasteiger partial charge in [-0.2, -0.15) is 4.31 Å². The standard InChI is InChI=1S/C17H20N2O6S/c1-13-5-4-6-16(19(20)21)17(13)26(22,23)18(2)11-12-25-15-9-7-14(24-3)8-10-15/h4-10H,11-12H2,1-3H3. The zero-order chi connectivity index (χ0) is 19.3. The molecule has 0 saturated carbocycles. The lowest BCUT2D eigenvalue weighted by atomic mass is 10.2. The summed E-state index contributed by atoms with van der Waals surface area (Å²) in [5, 5.41) is 11.2. The number of benzene rings is 2. The fourth-order valence-corrected chi connectivity index (χ4v) is 3.86. The second-order valence-electron chi connectivity index (χ2n) is 5.53. The molecule has 9 heteroatoms. The average Bonchev–Trinajstić information content (AvgIpc) is 2.61. The van der Waals surface area contributed by atoms with Crippen LogP contribution >= 0.6 is 0 Å². The molecule has 2 aromatic carbocycles. The highest BCUT2D eigenvalue weighted by atomic mass is 32.2. The Bertz CT molecular complexity index is 881. The Morgan fingerprint density at radius 1 is 1.12 bits per heavy atom. The largest absolute Gasteiger partial charge is 0.497 e. The minimum absolute atomic E-state index is 0.0415. The number of aryl methyl sites for hydroxylation is 1. The lowest BCUT2D eigenvalue weighted by Gasteiger charge is -2.18. The average molecular weight is 380 g/mol. The van der Waals surface area contributed by atoms with Crippen LogP contribution in [-0.4, -0.2) is 45.0 Å². The van der Waals surface area contributed by atoms with Crippen LogP contribution in [0.2, 0.25) is 0 Å². The third-order valence-electron chi connectivity index (χ3n) is 3.79. The predicted molar refractivity (Wildman–Crippen MR) is 96.1 cm³/mol. The third-order valence-corrected chi connectivity index (χ3v) is 5.84. The molecule has 0 fully saturated rings. The normalized spacial score (nSPS) is 11.4. The lowest BCUT2D eigenvalue weighted by molar-refractivity contribution is -0.387. The van der Waals surface area contributed by atoms with Gasteiger partial charge in [0.05, 0.1) is 12.0 Å². The van der Waals surface area contributed by atoms with Crippen LogP contribution in [0.1, 0.15) is 5.56 Å². The van der Waals surface area contributed by atoms with Crippen molar-refractivity contribution in [2.75, 3.05) is 27.3 Å². The Labute approximate surface area is 152 Å². The van der Waals surface area contributed by atoms with Gasteiger partial charge in [0.15, 0.2) is 4.90 Å². The fourth-order valence-electron chi connectivity index (χ4n) is 2.36. The van der Waals surface area contributed by atoms with E-state index in [0.717, 1.165) is 4.31 Å². The third kappa shape index (κ3) is 4.30. The van der Waals surface area contributed by atoms with Gasteiger partial charge in [0, 0.05) is 19.7 Å². The molecule has 0 amide bonds. The molecule has 0 aromatic heterocycles. The number of hydrogen-bond donors (Lipinski definition) is 0. The molecule has 2 aromatic rings. The van der Waals surface area contributed by atoms with Crippen LogP contribution in [0.25, 0.3) is 0 Å². The fraction of sp³-hybridized carbons (Fsp3) is 0.294. The molecule has 0 N–H and O–H groups in total. The van der Waals surface area contributed by atoms with Gasteiger partial charge in [-0.3, -0.25) is 10.1 Å². The second-order valence-corrected chi connectivity index (χ2v) is 7.51. The van der Waals surface area contributed by atoms with E-state index in [1.807, 2.05) is 0 Å². The van der Waals surface area contributed by atoms with Crippen molar-refractivity contribution < 1.29 is 22.8 Å². The summed E-state index contributed by atoms with van der Waals surface area (Å²) in [5.74, 6) is 1.25. The van der Waals surface area contributed by atoms with E-state index in [1.54, 1.807) is 31.4 Å². The van der Waals surface area contributed by atoms with Crippen molar-refractivity contribution in [2.45, 2.75) is 11.8 Å². The van der Waals surface area contributed by atoms with Gasteiger partial charge >= 0.3 is 0 Å². The number of sulfonamides is 1. The molecule has 8 nitrogen and oxygen atoms in total. The Kier molecular flexibility index (Phi) is 6.17. The van der Waals surface area contributed by atoms with Crippen LogP contribution in [-0.2, 0) is 10.0 Å². The van der Waals surface area contributed by atoms with Crippen LogP contribution in [0.4, 0.5) is 5.69 Å². The number of nitro benzene ring substituents is 1. The van der Waals surface area contributed by atoms with Gasteiger partial charge in [0.1, 0.15) is 18.1 Å². The highest BCUT2D eigenvalue weighted by molar-refractivity contribution is 7.89. The highest BCUT2D eigenvalue weighted by Crippen LogP contribution is 2.29. The van der Waals surface area contributed by atoms with Crippen molar-refractivity contribution >= 4 is 15.7 Å². The summed E-state index contributed by atoms with van der Waals surface area (Å²) >= 11 is 0. The van der Waals surface area contributed by atoms with E-state index < -0.39 is 20.6 Å². The van der Waals surface area contributed by atoms with Gasteiger partial charge in [-0.05, 0) is 36.8 Å². The van der Waals surface area contributed by atoms with Crippen molar-refractivity contribution in [2.24, 2.45) is 0 Å². The molecule has 0 saturated heterocycles. The molecule has 0 atom stereocenters. The van der Waals surface area contributed by atoms with E-state index in [2.05, 4.69) is 0 Å². The molecular weight excluding hydrogens is 360 g/mol. The number of nitro groups is 1. The molecular formula is C17H20N2O6S. The maximum Gasteiger partial charge on any atom is 0.289 e. The Balaban J connectivity index is 2.11. The monoisotopic (exact) mass is 380 g/mol. The van der Waals surface area contributed by atoms with Crippen molar-refractivity contribution in [3.8, 4) is 11.5 Å². The van der Waals surface area contributed by atoms with Crippen molar-refractivity contribution in [1.82, 2.24) is 4.31 Å². The molecule has 0 radical (unpaired) electrons. The summed E-state index contributed by atoms with van der Waals surface area (Å²) in [4.78, 5) is 10.2. The molecule has 140 valence electrons. The first-order valence-corrected chi connectivity index (χ1v) is 9.18. The summed E-state index contributed by atoms with van der Waals surface area (Å²) < 4.78 is 37.1. The van der Waals surface area contributed by atoms with Gasteiger partial charge in [0.25, 0.3) is 5.69 Å². The highest BCUT2D eigenvalue weighted by Gasteiger charge is 2.31. The van der Waals surface area contributed by atoms with Gasteiger partial charge in [-0.1, -0.05) is 12.1 Å². The van der Waals surface area contributed by atoms with Crippen LogP contribution < -0.4 is 9.47 Å². The maximum absolute atomic E-state index is 12.8. The Morgan fingerprint density at radius 2 is 1.73 bits per heavy atom. The summed E-state index contributed by atoms with van der Waals surface area (Å²) in [5.41, 5.74) is -0.116. The molecule has 0 aliphatic carbocycles. The maximum atomic E-state index is 12.8. The summed E-state index contributed by atoms with van der Waals surface area (Å²) in [7, 11) is -1.10. The van der Waals surface area contributed by atoms with E-state index in [0.29, 0.717) is 17.1 Å². The molecule has 0 aliphatic rings. The van der Waals surface area contributed by atoms with Gasteiger partial charge in [0.2, 0.25) is 10.0 Å². The number of rotatable bonds is 8. The molecule has 26 heavy (non-hydrogen) atoms. The van der Waals surface area contributed by atoms with Crippen LogP contribution in [0.3, 0.4) is 0 Å². The van der Waals surface area contributed by atoms with Crippen LogP contribution in [0.5, 0.6) is 11.5 Å². The van der Waals surface area contributed by atoms with Crippen molar-refractivity contribution in [3.05, 3.63) is 58.1 Å².